The fraction of sp³-hybridized carbons (Fsp3) is 0.118. The summed E-state index contributed by atoms with van der Waals surface area (Å²) < 4.78 is 13.0. The van der Waals surface area contributed by atoms with Crippen molar-refractivity contribution in [2.45, 2.75) is 13.0 Å². The van der Waals surface area contributed by atoms with E-state index in [4.69, 9.17) is 5.73 Å². The van der Waals surface area contributed by atoms with Crippen LogP contribution in [0, 0.1) is 5.82 Å². The molecule has 0 radical (unpaired) electrons. The average molecular weight is 282 g/mol. The number of hydrogen-bond acceptors (Lipinski definition) is 2. The van der Waals surface area contributed by atoms with E-state index in [9.17, 15) is 9.18 Å². The van der Waals surface area contributed by atoms with Gasteiger partial charge in [-0.05, 0) is 29.3 Å². The second kappa shape index (κ2) is 5.40. The number of nitrogens with zero attached hydrogens (tertiary/aromatic N) is 1. The van der Waals surface area contributed by atoms with Crippen molar-refractivity contribution in [2.24, 2.45) is 5.73 Å². The van der Waals surface area contributed by atoms with Gasteiger partial charge < -0.3 is 10.6 Å². The molecule has 0 saturated heterocycles. The number of hydrogen-bond donors (Lipinski definition) is 1. The van der Waals surface area contributed by atoms with Gasteiger partial charge in [0.05, 0.1) is 0 Å². The zero-order chi connectivity index (χ0) is 14.8. The summed E-state index contributed by atoms with van der Waals surface area (Å²) in [5.74, 6) is -0.667. The normalized spacial score (nSPS) is 13.6. The molecule has 0 spiro atoms. The number of primary amides is 1. The number of nitrogens with two attached hydrogens (primary N) is 1. The minimum atomic E-state index is -0.409. The van der Waals surface area contributed by atoms with Crippen molar-refractivity contribution in [2.75, 3.05) is 4.90 Å². The highest BCUT2D eigenvalue weighted by Gasteiger charge is 2.19. The molecule has 2 aromatic carbocycles. The molecule has 106 valence electrons. The van der Waals surface area contributed by atoms with Crippen LogP contribution >= 0.6 is 0 Å². The molecular weight excluding hydrogens is 267 g/mol. The Hall–Kier alpha value is -2.62. The fourth-order valence-corrected chi connectivity index (χ4v) is 2.52. The lowest BCUT2D eigenvalue weighted by Gasteiger charge is -2.28. The highest BCUT2D eigenvalue weighted by Crippen LogP contribution is 2.29. The van der Waals surface area contributed by atoms with Gasteiger partial charge in [0.25, 0.3) is 0 Å². The summed E-state index contributed by atoms with van der Waals surface area (Å²) in [4.78, 5) is 13.5. The lowest BCUT2D eigenvalue weighted by atomic mass is 9.98. The third kappa shape index (κ3) is 2.79. The maximum atomic E-state index is 13.0. The number of amides is 1. The molecule has 21 heavy (non-hydrogen) atoms. The maximum Gasteiger partial charge on any atom is 0.246 e. The first kappa shape index (κ1) is 13.4. The zero-order valence-corrected chi connectivity index (χ0v) is 11.4. The second-order valence-electron chi connectivity index (χ2n) is 5.08. The Morgan fingerprint density at radius 3 is 2.57 bits per heavy atom. The number of halogens is 1. The first-order valence-corrected chi connectivity index (χ1v) is 6.73. The van der Waals surface area contributed by atoms with E-state index in [-0.39, 0.29) is 5.82 Å². The van der Waals surface area contributed by atoms with Gasteiger partial charge in [-0.25, -0.2) is 4.39 Å². The predicted molar refractivity (Wildman–Crippen MR) is 80.0 cm³/mol. The largest absolute Gasteiger partial charge is 0.366 e. The molecule has 3 nitrogen and oxygen atoms in total. The third-order valence-corrected chi connectivity index (χ3v) is 3.58. The van der Waals surface area contributed by atoms with Crippen molar-refractivity contribution in [3.63, 3.8) is 0 Å². The molecule has 0 aliphatic carbocycles. The van der Waals surface area contributed by atoms with Crippen molar-refractivity contribution in [1.82, 2.24) is 0 Å². The predicted octanol–water partition coefficient (Wildman–Crippen LogP) is 2.76. The van der Waals surface area contributed by atoms with Gasteiger partial charge in [-0.2, -0.15) is 0 Å². The van der Waals surface area contributed by atoms with Crippen molar-refractivity contribution >= 4 is 11.6 Å². The minimum Gasteiger partial charge on any atom is -0.366 e. The fourth-order valence-electron chi connectivity index (χ4n) is 2.52. The van der Waals surface area contributed by atoms with Crippen LogP contribution < -0.4 is 10.6 Å². The number of anilines is 1. The number of para-hydroxylation sites is 1. The molecule has 0 bridgehead atoms. The van der Waals surface area contributed by atoms with Gasteiger partial charge in [0.15, 0.2) is 0 Å². The summed E-state index contributed by atoms with van der Waals surface area (Å²) in [6, 6.07) is 14.2. The van der Waals surface area contributed by atoms with E-state index in [2.05, 4.69) is 0 Å². The van der Waals surface area contributed by atoms with Crippen molar-refractivity contribution in [3.05, 3.63) is 77.2 Å². The molecule has 1 aliphatic rings. The van der Waals surface area contributed by atoms with E-state index in [1.54, 1.807) is 18.3 Å². The third-order valence-electron chi connectivity index (χ3n) is 3.58. The zero-order valence-electron chi connectivity index (χ0n) is 11.4. The molecule has 1 heterocycles. The molecule has 1 amide bonds. The molecule has 1 aliphatic heterocycles. The van der Waals surface area contributed by atoms with Crippen LogP contribution in [0.15, 0.2) is 60.3 Å². The summed E-state index contributed by atoms with van der Waals surface area (Å²) in [5, 5.41) is 0. The maximum absolute atomic E-state index is 13.0. The summed E-state index contributed by atoms with van der Waals surface area (Å²) in [6.07, 6.45) is 2.33. The van der Waals surface area contributed by atoms with E-state index >= 15 is 0 Å². The van der Waals surface area contributed by atoms with Crippen LogP contribution in [0.4, 0.5) is 10.1 Å². The molecule has 0 saturated carbocycles. The Bertz CT molecular complexity index is 707. The number of benzene rings is 2. The highest BCUT2D eigenvalue weighted by atomic mass is 19.1. The van der Waals surface area contributed by atoms with Crippen molar-refractivity contribution in [1.29, 1.82) is 0 Å². The van der Waals surface area contributed by atoms with Crippen LogP contribution in [-0.4, -0.2) is 5.91 Å². The SMILES string of the molecule is NC(=O)C1=CN(Cc2ccc(F)cc2)c2ccccc2C1. The first-order chi connectivity index (χ1) is 10.1. The molecule has 0 atom stereocenters. The molecule has 2 aromatic rings. The van der Waals surface area contributed by atoms with Gasteiger partial charge in [-0.3, -0.25) is 4.79 Å². The van der Waals surface area contributed by atoms with Gasteiger partial charge >= 0.3 is 0 Å². The monoisotopic (exact) mass is 282 g/mol. The Morgan fingerprint density at radius 1 is 1.14 bits per heavy atom. The molecular formula is C17H15FN2O. The highest BCUT2D eigenvalue weighted by molar-refractivity contribution is 5.94. The Morgan fingerprint density at radius 2 is 1.86 bits per heavy atom. The van der Waals surface area contributed by atoms with E-state index < -0.39 is 5.91 Å². The van der Waals surface area contributed by atoms with Crippen LogP contribution in [0.3, 0.4) is 0 Å². The van der Waals surface area contributed by atoms with Gasteiger partial charge in [0.1, 0.15) is 5.82 Å². The lowest BCUT2D eigenvalue weighted by Crippen LogP contribution is -2.27. The molecule has 0 fully saturated rings. The van der Waals surface area contributed by atoms with E-state index in [1.165, 1.54) is 12.1 Å². The van der Waals surface area contributed by atoms with Crippen LogP contribution in [0.5, 0.6) is 0 Å². The van der Waals surface area contributed by atoms with Gasteiger partial charge in [0, 0.05) is 30.4 Å². The number of rotatable bonds is 3. The average Bonchev–Trinajstić information content (AvgIpc) is 2.49. The number of fused-ring (bicyclic) bond motifs is 1. The first-order valence-electron chi connectivity index (χ1n) is 6.73. The molecule has 2 N–H and O–H groups in total. The van der Waals surface area contributed by atoms with Crippen LogP contribution in [-0.2, 0) is 17.8 Å². The number of carbonyl (C=O) groups is 1. The van der Waals surface area contributed by atoms with E-state index in [0.29, 0.717) is 18.5 Å². The standard InChI is InChI=1S/C17H15FN2O/c18-15-7-5-12(6-8-15)10-20-11-14(17(19)21)9-13-3-1-2-4-16(13)20/h1-8,11H,9-10H2,(H2,19,21). The Balaban J connectivity index is 1.95. The summed E-state index contributed by atoms with van der Waals surface area (Å²) in [6.45, 7) is 0.564. The van der Waals surface area contributed by atoms with Crippen LogP contribution in [0.2, 0.25) is 0 Å². The minimum absolute atomic E-state index is 0.258. The summed E-state index contributed by atoms with van der Waals surface area (Å²) in [7, 11) is 0. The molecule has 3 rings (SSSR count). The molecule has 4 heteroatoms. The van der Waals surface area contributed by atoms with Gasteiger partial charge in [-0.1, -0.05) is 30.3 Å². The quantitative estimate of drug-likeness (QED) is 0.941. The van der Waals surface area contributed by atoms with Gasteiger partial charge in [-0.15, -0.1) is 0 Å². The lowest BCUT2D eigenvalue weighted by molar-refractivity contribution is -0.114. The van der Waals surface area contributed by atoms with E-state index in [1.807, 2.05) is 29.2 Å². The van der Waals surface area contributed by atoms with Crippen molar-refractivity contribution < 1.29 is 9.18 Å². The van der Waals surface area contributed by atoms with Crippen LogP contribution in [0.25, 0.3) is 0 Å². The molecule has 0 aromatic heterocycles. The smallest absolute Gasteiger partial charge is 0.246 e. The summed E-state index contributed by atoms with van der Waals surface area (Å²) >= 11 is 0. The van der Waals surface area contributed by atoms with E-state index in [0.717, 1.165) is 16.8 Å². The van der Waals surface area contributed by atoms with Gasteiger partial charge in [0.2, 0.25) is 5.91 Å². The van der Waals surface area contributed by atoms with Crippen molar-refractivity contribution in [3.8, 4) is 0 Å². The summed E-state index contributed by atoms with van der Waals surface area (Å²) in [5.41, 5.74) is 9.08. The Labute approximate surface area is 122 Å². The Kier molecular flexibility index (Phi) is 3.44. The second-order valence-corrected chi connectivity index (χ2v) is 5.08. The van der Waals surface area contributed by atoms with Crippen LogP contribution in [0.1, 0.15) is 11.1 Å². The molecule has 0 unspecified atom stereocenters. The topological polar surface area (TPSA) is 46.3 Å². The number of carbonyl (C=O) groups excluding carboxylic acids is 1.